The Hall–Kier alpha value is -3.52. The van der Waals surface area contributed by atoms with Crippen LogP contribution in [0.4, 0.5) is 5.69 Å². The second kappa shape index (κ2) is 7.84. The number of anilines is 1. The number of thiazole rings is 1. The Morgan fingerprint density at radius 2 is 2.03 bits per heavy atom. The lowest BCUT2D eigenvalue weighted by molar-refractivity contribution is -0.119. The summed E-state index contributed by atoms with van der Waals surface area (Å²) in [5, 5.41) is 10.1. The number of nitrogens with one attached hydrogen (secondary N) is 1. The maximum absolute atomic E-state index is 12.8. The van der Waals surface area contributed by atoms with Crippen LogP contribution in [0.2, 0.25) is 0 Å². The maximum atomic E-state index is 12.8. The third-order valence-corrected chi connectivity index (χ3v) is 5.16. The molecule has 7 nitrogen and oxygen atoms in total. The fraction of sp³-hybridized carbons (Fsp3) is 0.143. The molecule has 0 aliphatic rings. The van der Waals surface area contributed by atoms with Crippen molar-refractivity contribution in [3.63, 3.8) is 0 Å². The number of amides is 1. The first kappa shape index (κ1) is 18.8. The molecule has 0 spiro atoms. The van der Waals surface area contributed by atoms with Crippen LogP contribution in [0.15, 0.2) is 69.4 Å². The number of aryl methyl sites for hydroxylation is 1. The summed E-state index contributed by atoms with van der Waals surface area (Å²) in [5.74, 6) is 0.181. The Morgan fingerprint density at radius 3 is 2.76 bits per heavy atom. The highest BCUT2D eigenvalue weighted by Gasteiger charge is 2.19. The third-order valence-electron chi connectivity index (χ3n) is 4.39. The van der Waals surface area contributed by atoms with Gasteiger partial charge in [0.05, 0.1) is 17.0 Å². The zero-order chi connectivity index (χ0) is 20.4. The minimum absolute atomic E-state index is 0.345. The average molecular weight is 406 g/mol. The zero-order valence-electron chi connectivity index (χ0n) is 15.8. The molecule has 0 bridgehead atoms. The minimum atomic E-state index is -0.803. The van der Waals surface area contributed by atoms with Gasteiger partial charge >= 0.3 is 0 Å². The fourth-order valence-electron chi connectivity index (χ4n) is 2.87. The first-order chi connectivity index (χ1) is 14.0. The standard InChI is InChI=1S/C21H18N4O3S/c1-13(25-20(26)9-8-17(24-25)19-7-4-10-28-19)21(27)23-16-6-3-5-15(11-16)18-12-29-14(2)22-18/h3-13H,1-2H3,(H,23,27). The average Bonchev–Trinajstić information content (AvgIpc) is 3.40. The van der Waals surface area contributed by atoms with Crippen LogP contribution in [0, 0.1) is 6.92 Å². The van der Waals surface area contributed by atoms with Crippen LogP contribution in [0.25, 0.3) is 22.7 Å². The number of carbonyl (C=O) groups is 1. The Labute approximate surface area is 170 Å². The number of aromatic nitrogens is 3. The summed E-state index contributed by atoms with van der Waals surface area (Å²) >= 11 is 1.57. The van der Waals surface area contributed by atoms with E-state index in [1.807, 2.05) is 30.5 Å². The van der Waals surface area contributed by atoms with Crippen molar-refractivity contribution >= 4 is 22.9 Å². The van der Waals surface area contributed by atoms with Crippen molar-refractivity contribution in [2.75, 3.05) is 5.32 Å². The van der Waals surface area contributed by atoms with E-state index in [1.54, 1.807) is 42.5 Å². The van der Waals surface area contributed by atoms with E-state index in [-0.39, 0.29) is 11.5 Å². The normalized spacial score (nSPS) is 11.9. The van der Waals surface area contributed by atoms with Gasteiger partial charge in [0.2, 0.25) is 5.91 Å². The number of rotatable bonds is 5. The summed E-state index contributed by atoms with van der Waals surface area (Å²) in [6.45, 7) is 3.58. The van der Waals surface area contributed by atoms with Crippen LogP contribution in [-0.4, -0.2) is 20.7 Å². The van der Waals surface area contributed by atoms with Crippen molar-refractivity contribution in [1.82, 2.24) is 14.8 Å². The van der Waals surface area contributed by atoms with E-state index in [0.29, 0.717) is 17.1 Å². The summed E-state index contributed by atoms with van der Waals surface area (Å²) < 4.78 is 6.48. The Morgan fingerprint density at radius 1 is 1.17 bits per heavy atom. The van der Waals surface area contributed by atoms with Gasteiger partial charge in [-0.1, -0.05) is 12.1 Å². The van der Waals surface area contributed by atoms with Gasteiger partial charge in [0.15, 0.2) is 5.76 Å². The number of benzene rings is 1. The molecule has 8 heteroatoms. The van der Waals surface area contributed by atoms with Crippen LogP contribution < -0.4 is 10.9 Å². The van der Waals surface area contributed by atoms with Crippen LogP contribution in [0.3, 0.4) is 0 Å². The summed E-state index contributed by atoms with van der Waals surface area (Å²) in [6.07, 6.45) is 1.53. The summed E-state index contributed by atoms with van der Waals surface area (Å²) in [5.41, 5.74) is 2.51. The predicted molar refractivity (Wildman–Crippen MR) is 112 cm³/mol. The van der Waals surface area contributed by atoms with Gasteiger partial charge in [0, 0.05) is 22.7 Å². The molecule has 146 valence electrons. The second-order valence-electron chi connectivity index (χ2n) is 6.48. The Kier molecular flexibility index (Phi) is 5.09. The minimum Gasteiger partial charge on any atom is -0.463 e. The fourth-order valence-corrected chi connectivity index (χ4v) is 3.49. The molecule has 4 aromatic rings. The van der Waals surface area contributed by atoms with Crippen molar-refractivity contribution < 1.29 is 9.21 Å². The van der Waals surface area contributed by atoms with Gasteiger partial charge in [-0.15, -0.1) is 11.3 Å². The molecular weight excluding hydrogens is 388 g/mol. The van der Waals surface area contributed by atoms with Crippen molar-refractivity contribution in [2.45, 2.75) is 19.9 Å². The highest BCUT2D eigenvalue weighted by Crippen LogP contribution is 2.24. The Balaban J connectivity index is 1.56. The van der Waals surface area contributed by atoms with Gasteiger partial charge in [-0.3, -0.25) is 9.59 Å². The monoisotopic (exact) mass is 406 g/mol. The van der Waals surface area contributed by atoms with E-state index in [1.165, 1.54) is 12.3 Å². The van der Waals surface area contributed by atoms with E-state index < -0.39 is 6.04 Å². The molecule has 1 amide bonds. The quantitative estimate of drug-likeness (QED) is 0.538. The summed E-state index contributed by atoms with van der Waals surface area (Å²) in [7, 11) is 0. The molecule has 0 aliphatic heterocycles. The van der Waals surface area contributed by atoms with Gasteiger partial charge in [-0.2, -0.15) is 5.10 Å². The molecule has 3 aromatic heterocycles. The van der Waals surface area contributed by atoms with Crippen LogP contribution in [0.5, 0.6) is 0 Å². The largest absolute Gasteiger partial charge is 0.463 e. The van der Waals surface area contributed by atoms with E-state index in [2.05, 4.69) is 15.4 Å². The molecule has 1 aromatic carbocycles. The molecule has 0 aliphatic carbocycles. The number of nitrogens with zero attached hydrogens (tertiary/aromatic N) is 3. The second-order valence-corrected chi connectivity index (χ2v) is 7.54. The molecule has 3 heterocycles. The van der Waals surface area contributed by atoms with E-state index in [4.69, 9.17) is 4.42 Å². The molecule has 29 heavy (non-hydrogen) atoms. The molecule has 1 N–H and O–H groups in total. The first-order valence-electron chi connectivity index (χ1n) is 8.98. The zero-order valence-corrected chi connectivity index (χ0v) is 16.6. The molecule has 0 saturated heterocycles. The van der Waals surface area contributed by atoms with Crippen LogP contribution >= 0.6 is 11.3 Å². The predicted octanol–water partition coefficient (Wildman–Crippen LogP) is 4.13. The lowest BCUT2D eigenvalue weighted by atomic mass is 10.1. The van der Waals surface area contributed by atoms with Crippen molar-refractivity contribution in [3.05, 3.63) is 75.5 Å². The van der Waals surface area contributed by atoms with Gasteiger partial charge in [-0.05, 0) is 44.2 Å². The molecule has 1 unspecified atom stereocenters. The number of carbonyl (C=O) groups excluding carboxylic acids is 1. The summed E-state index contributed by atoms with van der Waals surface area (Å²) in [4.78, 5) is 29.5. The Bertz CT molecular complexity index is 1210. The number of furan rings is 1. The number of hydrogen-bond donors (Lipinski definition) is 1. The molecule has 0 radical (unpaired) electrons. The van der Waals surface area contributed by atoms with Crippen LogP contribution in [-0.2, 0) is 4.79 Å². The molecule has 1 atom stereocenters. The van der Waals surface area contributed by atoms with Crippen molar-refractivity contribution in [3.8, 4) is 22.7 Å². The topological polar surface area (TPSA) is 90.0 Å². The smallest absolute Gasteiger partial charge is 0.267 e. The molecular formula is C21H18N4O3S. The van der Waals surface area contributed by atoms with Gasteiger partial charge in [0.25, 0.3) is 5.56 Å². The maximum Gasteiger partial charge on any atom is 0.267 e. The molecule has 0 saturated carbocycles. The van der Waals surface area contributed by atoms with E-state index >= 15 is 0 Å². The third kappa shape index (κ3) is 4.02. The molecule has 0 fully saturated rings. The van der Waals surface area contributed by atoms with E-state index in [9.17, 15) is 9.59 Å². The first-order valence-corrected chi connectivity index (χ1v) is 9.86. The van der Waals surface area contributed by atoms with Crippen molar-refractivity contribution in [2.24, 2.45) is 0 Å². The van der Waals surface area contributed by atoms with Gasteiger partial charge in [0.1, 0.15) is 11.7 Å². The number of hydrogen-bond acceptors (Lipinski definition) is 6. The summed E-state index contributed by atoms with van der Waals surface area (Å²) in [6, 6.07) is 13.1. The SMILES string of the molecule is Cc1nc(-c2cccc(NC(=O)C(C)n3nc(-c4ccco4)ccc3=O)c2)cs1. The van der Waals surface area contributed by atoms with Crippen LogP contribution in [0.1, 0.15) is 18.0 Å². The highest BCUT2D eigenvalue weighted by atomic mass is 32.1. The molecule has 4 rings (SSSR count). The lowest BCUT2D eigenvalue weighted by Gasteiger charge is -2.15. The lowest BCUT2D eigenvalue weighted by Crippen LogP contribution is -2.33. The van der Waals surface area contributed by atoms with Crippen molar-refractivity contribution in [1.29, 1.82) is 0 Å². The van der Waals surface area contributed by atoms with Gasteiger partial charge < -0.3 is 9.73 Å². The van der Waals surface area contributed by atoms with Gasteiger partial charge in [-0.25, -0.2) is 9.67 Å². The van der Waals surface area contributed by atoms with E-state index in [0.717, 1.165) is 20.9 Å². The highest BCUT2D eigenvalue weighted by molar-refractivity contribution is 7.09.